The molecular formula is C17H29N3O. The van der Waals surface area contributed by atoms with Gasteiger partial charge in [0.25, 0.3) is 0 Å². The van der Waals surface area contributed by atoms with Crippen LogP contribution >= 0.6 is 0 Å². The molecule has 1 aliphatic rings. The summed E-state index contributed by atoms with van der Waals surface area (Å²) in [6.07, 6.45) is 3.76. The standard InChI is InChI=1S/C17H29N3O/c1-3-4-5-16(14-18)20-12-10-19(11-13-20)15-6-8-17(21-2)9-7-15/h6-9,16H,3-5,10-14,18H2,1-2H3. The summed E-state index contributed by atoms with van der Waals surface area (Å²) in [6.45, 7) is 7.40. The number of anilines is 1. The summed E-state index contributed by atoms with van der Waals surface area (Å²) in [6, 6.07) is 8.91. The Balaban J connectivity index is 1.86. The Labute approximate surface area is 128 Å². The molecule has 1 saturated heterocycles. The van der Waals surface area contributed by atoms with Crippen molar-refractivity contribution in [2.24, 2.45) is 5.73 Å². The Hall–Kier alpha value is -1.26. The van der Waals surface area contributed by atoms with Gasteiger partial charge in [-0.05, 0) is 30.7 Å². The molecule has 0 aliphatic carbocycles. The molecule has 0 aromatic heterocycles. The molecule has 4 heteroatoms. The fraction of sp³-hybridized carbons (Fsp3) is 0.647. The van der Waals surface area contributed by atoms with E-state index in [0.717, 1.165) is 38.5 Å². The molecule has 4 nitrogen and oxygen atoms in total. The van der Waals surface area contributed by atoms with E-state index in [0.29, 0.717) is 6.04 Å². The zero-order valence-electron chi connectivity index (χ0n) is 13.4. The smallest absolute Gasteiger partial charge is 0.119 e. The van der Waals surface area contributed by atoms with Gasteiger partial charge in [-0.25, -0.2) is 0 Å². The molecule has 1 heterocycles. The SMILES string of the molecule is CCCCC(CN)N1CCN(c2ccc(OC)cc2)CC1. The number of nitrogens with zero attached hydrogens (tertiary/aromatic N) is 2. The van der Waals surface area contributed by atoms with Crippen molar-refractivity contribution in [2.45, 2.75) is 32.2 Å². The number of hydrogen-bond acceptors (Lipinski definition) is 4. The van der Waals surface area contributed by atoms with Gasteiger partial charge in [-0.2, -0.15) is 0 Å². The first-order valence-electron chi connectivity index (χ1n) is 8.11. The summed E-state index contributed by atoms with van der Waals surface area (Å²) in [5.74, 6) is 0.917. The lowest BCUT2D eigenvalue weighted by atomic mass is 10.1. The predicted octanol–water partition coefficient (Wildman–Crippen LogP) is 2.33. The summed E-state index contributed by atoms with van der Waals surface area (Å²) >= 11 is 0. The van der Waals surface area contributed by atoms with E-state index < -0.39 is 0 Å². The lowest BCUT2D eigenvalue weighted by Crippen LogP contribution is -2.52. The van der Waals surface area contributed by atoms with E-state index in [4.69, 9.17) is 10.5 Å². The average molecular weight is 291 g/mol. The van der Waals surface area contributed by atoms with E-state index in [2.05, 4.69) is 28.9 Å². The van der Waals surface area contributed by atoms with Crippen molar-refractivity contribution >= 4 is 5.69 Å². The van der Waals surface area contributed by atoms with Crippen LogP contribution in [-0.4, -0.2) is 50.8 Å². The minimum atomic E-state index is 0.558. The van der Waals surface area contributed by atoms with Crippen molar-refractivity contribution in [2.75, 3.05) is 44.7 Å². The fourth-order valence-corrected chi connectivity index (χ4v) is 3.03. The van der Waals surface area contributed by atoms with Gasteiger partial charge in [-0.3, -0.25) is 4.90 Å². The maximum Gasteiger partial charge on any atom is 0.119 e. The topological polar surface area (TPSA) is 41.7 Å². The van der Waals surface area contributed by atoms with E-state index in [-0.39, 0.29) is 0 Å². The van der Waals surface area contributed by atoms with Crippen molar-refractivity contribution in [3.63, 3.8) is 0 Å². The second-order valence-corrected chi connectivity index (χ2v) is 5.75. The summed E-state index contributed by atoms with van der Waals surface area (Å²) in [4.78, 5) is 5.01. The highest BCUT2D eigenvalue weighted by Gasteiger charge is 2.22. The quantitative estimate of drug-likeness (QED) is 0.837. The molecule has 0 bridgehead atoms. The largest absolute Gasteiger partial charge is 0.497 e. The number of benzene rings is 1. The van der Waals surface area contributed by atoms with Gasteiger partial charge in [-0.1, -0.05) is 19.8 Å². The molecule has 0 saturated carbocycles. The molecule has 2 rings (SSSR count). The van der Waals surface area contributed by atoms with Crippen LogP contribution in [0.15, 0.2) is 24.3 Å². The van der Waals surface area contributed by atoms with Crippen LogP contribution in [0.25, 0.3) is 0 Å². The first-order chi connectivity index (χ1) is 10.3. The highest BCUT2D eigenvalue weighted by Crippen LogP contribution is 2.21. The molecule has 118 valence electrons. The highest BCUT2D eigenvalue weighted by atomic mass is 16.5. The lowest BCUT2D eigenvalue weighted by Gasteiger charge is -2.40. The van der Waals surface area contributed by atoms with Crippen LogP contribution in [0, 0.1) is 0 Å². The number of hydrogen-bond donors (Lipinski definition) is 1. The first-order valence-corrected chi connectivity index (χ1v) is 8.11. The summed E-state index contributed by atoms with van der Waals surface area (Å²) in [7, 11) is 1.71. The van der Waals surface area contributed by atoms with E-state index in [9.17, 15) is 0 Å². The normalized spacial score (nSPS) is 17.8. The number of unbranched alkanes of at least 4 members (excludes halogenated alkanes) is 1. The summed E-state index contributed by atoms with van der Waals surface area (Å²) in [5.41, 5.74) is 7.24. The van der Waals surface area contributed by atoms with Crippen LogP contribution in [0.4, 0.5) is 5.69 Å². The lowest BCUT2D eigenvalue weighted by molar-refractivity contribution is 0.178. The second kappa shape index (κ2) is 8.25. The molecule has 0 radical (unpaired) electrons. The number of ether oxygens (including phenoxy) is 1. The van der Waals surface area contributed by atoms with Gasteiger partial charge in [0.2, 0.25) is 0 Å². The van der Waals surface area contributed by atoms with Crippen LogP contribution in [0.2, 0.25) is 0 Å². The maximum absolute atomic E-state index is 5.95. The molecule has 1 fully saturated rings. The number of nitrogens with two attached hydrogens (primary N) is 1. The van der Waals surface area contributed by atoms with Gasteiger partial charge in [0, 0.05) is 44.5 Å². The molecule has 1 aliphatic heterocycles. The minimum absolute atomic E-state index is 0.558. The average Bonchev–Trinajstić information content (AvgIpc) is 2.56. The van der Waals surface area contributed by atoms with Crippen molar-refractivity contribution < 1.29 is 4.74 Å². The van der Waals surface area contributed by atoms with Gasteiger partial charge in [0.15, 0.2) is 0 Å². The van der Waals surface area contributed by atoms with Crippen molar-refractivity contribution in [3.8, 4) is 5.75 Å². The van der Waals surface area contributed by atoms with Crippen LogP contribution in [0.1, 0.15) is 26.2 Å². The molecular weight excluding hydrogens is 262 g/mol. The van der Waals surface area contributed by atoms with Gasteiger partial charge >= 0.3 is 0 Å². The zero-order valence-corrected chi connectivity index (χ0v) is 13.4. The number of rotatable bonds is 7. The Morgan fingerprint density at radius 1 is 1.14 bits per heavy atom. The van der Waals surface area contributed by atoms with Crippen LogP contribution < -0.4 is 15.4 Å². The van der Waals surface area contributed by atoms with E-state index in [1.54, 1.807) is 7.11 Å². The Morgan fingerprint density at radius 2 is 1.81 bits per heavy atom. The third-order valence-corrected chi connectivity index (χ3v) is 4.43. The van der Waals surface area contributed by atoms with Gasteiger partial charge in [0.05, 0.1) is 7.11 Å². The first kappa shape index (κ1) is 16.1. The molecule has 1 aromatic rings. The van der Waals surface area contributed by atoms with Crippen LogP contribution in [-0.2, 0) is 0 Å². The minimum Gasteiger partial charge on any atom is -0.497 e. The molecule has 1 atom stereocenters. The Kier molecular flexibility index (Phi) is 6.33. The second-order valence-electron chi connectivity index (χ2n) is 5.75. The molecule has 1 aromatic carbocycles. The zero-order chi connectivity index (χ0) is 15.1. The molecule has 0 amide bonds. The summed E-state index contributed by atoms with van der Waals surface area (Å²) < 4.78 is 5.22. The van der Waals surface area contributed by atoms with E-state index >= 15 is 0 Å². The molecule has 21 heavy (non-hydrogen) atoms. The van der Waals surface area contributed by atoms with Crippen molar-refractivity contribution in [3.05, 3.63) is 24.3 Å². The monoisotopic (exact) mass is 291 g/mol. The number of piperazine rings is 1. The van der Waals surface area contributed by atoms with Gasteiger partial charge in [0.1, 0.15) is 5.75 Å². The predicted molar refractivity (Wildman–Crippen MR) is 89.1 cm³/mol. The summed E-state index contributed by atoms with van der Waals surface area (Å²) in [5, 5.41) is 0. The Bertz CT molecular complexity index is 399. The molecule has 0 spiro atoms. The fourth-order valence-electron chi connectivity index (χ4n) is 3.03. The highest BCUT2D eigenvalue weighted by molar-refractivity contribution is 5.49. The Morgan fingerprint density at radius 3 is 2.33 bits per heavy atom. The van der Waals surface area contributed by atoms with Gasteiger partial charge in [-0.15, -0.1) is 0 Å². The van der Waals surface area contributed by atoms with Crippen LogP contribution in [0.3, 0.4) is 0 Å². The van der Waals surface area contributed by atoms with Crippen molar-refractivity contribution in [1.29, 1.82) is 0 Å². The molecule has 1 unspecified atom stereocenters. The van der Waals surface area contributed by atoms with Crippen molar-refractivity contribution in [1.82, 2.24) is 4.90 Å². The van der Waals surface area contributed by atoms with E-state index in [1.807, 2.05) is 12.1 Å². The maximum atomic E-state index is 5.95. The third kappa shape index (κ3) is 4.35. The molecule has 2 N–H and O–H groups in total. The van der Waals surface area contributed by atoms with Gasteiger partial charge < -0.3 is 15.4 Å². The van der Waals surface area contributed by atoms with E-state index in [1.165, 1.54) is 24.9 Å². The third-order valence-electron chi connectivity index (χ3n) is 4.43. The number of methoxy groups -OCH3 is 1. The van der Waals surface area contributed by atoms with Crippen LogP contribution in [0.5, 0.6) is 5.75 Å².